The van der Waals surface area contributed by atoms with Crippen molar-refractivity contribution in [3.63, 3.8) is 0 Å². The van der Waals surface area contributed by atoms with Crippen molar-refractivity contribution in [1.82, 2.24) is 10.3 Å². The Kier molecular flexibility index (Phi) is 4.22. The monoisotopic (exact) mass is 217 g/mol. The van der Waals surface area contributed by atoms with E-state index in [9.17, 15) is 4.79 Å². The molecule has 1 amide bonds. The maximum absolute atomic E-state index is 11.1. The first kappa shape index (κ1) is 11.8. The summed E-state index contributed by atoms with van der Waals surface area (Å²) < 4.78 is 0.341. The highest BCUT2D eigenvalue weighted by Gasteiger charge is 2.24. The van der Waals surface area contributed by atoms with Gasteiger partial charge in [-0.3, -0.25) is 15.1 Å². The summed E-state index contributed by atoms with van der Waals surface area (Å²) in [4.78, 5) is 13.2. The van der Waals surface area contributed by atoms with Gasteiger partial charge in [-0.15, -0.1) is 0 Å². The molecule has 0 aromatic heterocycles. The van der Waals surface area contributed by atoms with Crippen LogP contribution in [-0.4, -0.2) is 40.9 Å². The second-order valence-corrected chi connectivity index (χ2v) is 6.00. The highest BCUT2D eigenvalue weighted by atomic mass is 32.2. The summed E-state index contributed by atoms with van der Waals surface area (Å²) in [7, 11) is 0. The number of thioether (sulfide) groups is 1. The first-order chi connectivity index (χ1) is 6.53. The van der Waals surface area contributed by atoms with Crippen LogP contribution in [-0.2, 0) is 4.79 Å². The van der Waals surface area contributed by atoms with E-state index in [2.05, 4.69) is 24.2 Å². The molecule has 1 fully saturated rings. The maximum Gasteiger partial charge on any atom is 0.248 e. The van der Waals surface area contributed by atoms with E-state index in [1.807, 2.05) is 11.8 Å². The van der Waals surface area contributed by atoms with Gasteiger partial charge in [-0.1, -0.05) is 13.8 Å². The van der Waals surface area contributed by atoms with E-state index in [0.29, 0.717) is 11.3 Å². The fourth-order valence-corrected chi connectivity index (χ4v) is 2.61. The molecule has 1 aliphatic heterocycles. The average Bonchev–Trinajstić information content (AvgIpc) is 2.28. The molecule has 5 heteroatoms. The zero-order valence-electron chi connectivity index (χ0n) is 8.88. The first-order valence-electron chi connectivity index (χ1n) is 4.89. The van der Waals surface area contributed by atoms with E-state index in [1.54, 1.807) is 0 Å². The Morgan fingerprint density at radius 1 is 1.57 bits per heavy atom. The van der Waals surface area contributed by atoms with Crippen LogP contribution in [0, 0.1) is 0 Å². The molecule has 82 valence electrons. The van der Waals surface area contributed by atoms with Gasteiger partial charge in [0.1, 0.15) is 0 Å². The molecule has 14 heavy (non-hydrogen) atoms. The quantitative estimate of drug-likeness (QED) is 0.394. The van der Waals surface area contributed by atoms with Crippen LogP contribution in [0.4, 0.5) is 0 Å². The molecule has 0 aromatic carbocycles. The Balaban J connectivity index is 2.38. The van der Waals surface area contributed by atoms with Gasteiger partial charge in [0.2, 0.25) is 5.91 Å². The highest BCUT2D eigenvalue weighted by molar-refractivity contribution is 8.00. The molecule has 3 N–H and O–H groups in total. The molecule has 1 rings (SSSR count). The number of carbonyl (C=O) groups excluding carboxylic acids is 1. The molecule has 0 spiro atoms. The van der Waals surface area contributed by atoms with Gasteiger partial charge in [0, 0.05) is 23.6 Å². The predicted molar refractivity (Wildman–Crippen MR) is 59.9 cm³/mol. The van der Waals surface area contributed by atoms with Crippen LogP contribution in [0.2, 0.25) is 0 Å². The fraction of sp³-hybridized carbons (Fsp3) is 0.889. The minimum atomic E-state index is -0.102. The van der Waals surface area contributed by atoms with E-state index in [-0.39, 0.29) is 5.91 Å². The number of rotatable bonds is 2. The van der Waals surface area contributed by atoms with Gasteiger partial charge in [-0.25, -0.2) is 5.84 Å². The molecule has 1 aliphatic rings. The Morgan fingerprint density at radius 2 is 2.29 bits per heavy atom. The lowest BCUT2D eigenvalue weighted by Gasteiger charge is -2.21. The zero-order chi connectivity index (χ0) is 10.6. The molecule has 0 saturated carbocycles. The van der Waals surface area contributed by atoms with Gasteiger partial charge in [0.15, 0.2) is 0 Å². The third-order valence-corrected chi connectivity index (χ3v) is 3.83. The zero-order valence-corrected chi connectivity index (χ0v) is 9.69. The lowest BCUT2D eigenvalue weighted by atomic mass is 10.1. The van der Waals surface area contributed by atoms with Gasteiger partial charge < -0.3 is 0 Å². The van der Waals surface area contributed by atoms with Crippen LogP contribution in [0.25, 0.3) is 0 Å². The normalized spacial score (nSPS) is 22.8. The number of hydrogen-bond donors (Lipinski definition) is 2. The van der Waals surface area contributed by atoms with E-state index in [1.165, 1.54) is 0 Å². The number of carbonyl (C=O) groups is 1. The van der Waals surface area contributed by atoms with Gasteiger partial charge in [-0.2, -0.15) is 11.8 Å². The molecule has 0 atom stereocenters. The molecule has 0 aromatic rings. The summed E-state index contributed by atoms with van der Waals surface area (Å²) in [6.07, 6.45) is 1.12. The number of nitrogens with two attached hydrogens (primary N) is 1. The average molecular weight is 217 g/mol. The van der Waals surface area contributed by atoms with Gasteiger partial charge in [-0.05, 0) is 6.42 Å². The topological polar surface area (TPSA) is 58.4 Å². The molecule has 0 aliphatic carbocycles. The number of hydrazine groups is 1. The number of nitrogens with zero attached hydrogens (tertiary/aromatic N) is 1. The summed E-state index contributed by atoms with van der Waals surface area (Å²) in [6.45, 7) is 6.89. The van der Waals surface area contributed by atoms with Crippen LogP contribution in [0.15, 0.2) is 0 Å². The lowest BCUT2D eigenvalue weighted by molar-refractivity contribution is -0.122. The van der Waals surface area contributed by atoms with Crippen molar-refractivity contribution in [3.05, 3.63) is 0 Å². The van der Waals surface area contributed by atoms with E-state index < -0.39 is 0 Å². The SMILES string of the molecule is CC1(C)CCN(CC(=O)NN)CCS1. The molecule has 1 heterocycles. The molecule has 0 radical (unpaired) electrons. The van der Waals surface area contributed by atoms with Crippen LogP contribution in [0.5, 0.6) is 0 Å². The third kappa shape index (κ3) is 3.86. The van der Waals surface area contributed by atoms with E-state index >= 15 is 0 Å². The highest BCUT2D eigenvalue weighted by Crippen LogP contribution is 2.30. The summed E-state index contributed by atoms with van der Waals surface area (Å²) in [5.41, 5.74) is 2.17. The maximum atomic E-state index is 11.1. The van der Waals surface area contributed by atoms with Gasteiger partial charge in [0.05, 0.1) is 6.54 Å². The fourth-order valence-electron chi connectivity index (χ4n) is 1.47. The number of nitrogens with one attached hydrogen (secondary N) is 1. The van der Waals surface area contributed by atoms with Crippen LogP contribution < -0.4 is 11.3 Å². The van der Waals surface area contributed by atoms with Crippen LogP contribution >= 0.6 is 11.8 Å². The van der Waals surface area contributed by atoms with Crippen LogP contribution in [0.1, 0.15) is 20.3 Å². The molecule has 4 nitrogen and oxygen atoms in total. The van der Waals surface area contributed by atoms with Crippen molar-refractivity contribution in [3.8, 4) is 0 Å². The smallest absolute Gasteiger partial charge is 0.248 e. The van der Waals surface area contributed by atoms with Crippen molar-refractivity contribution in [1.29, 1.82) is 0 Å². The first-order valence-corrected chi connectivity index (χ1v) is 5.88. The summed E-state index contributed by atoms with van der Waals surface area (Å²) in [5.74, 6) is 6.04. The van der Waals surface area contributed by atoms with Crippen LogP contribution in [0.3, 0.4) is 0 Å². The second kappa shape index (κ2) is 5.00. The van der Waals surface area contributed by atoms with E-state index in [4.69, 9.17) is 5.84 Å². The van der Waals surface area contributed by atoms with Crippen molar-refractivity contribution >= 4 is 17.7 Å². The van der Waals surface area contributed by atoms with Crippen molar-refractivity contribution in [2.75, 3.05) is 25.4 Å². The molecular formula is C9H19N3OS. The Labute approximate surface area is 89.6 Å². The Hall–Kier alpha value is -0.260. The summed E-state index contributed by atoms with van der Waals surface area (Å²) in [5, 5.41) is 0. The Morgan fingerprint density at radius 3 is 2.93 bits per heavy atom. The second-order valence-electron chi connectivity index (χ2n) is 4.20. The van der Waals surface area contributed by atoms with Gasteiger partial charge >= 0.3 is 0 Å². The lowest BCUT2D eigenvalue weighted by Crippen LogP contribution is -2.41. The Bertz CT molecular complexity index is 208. The molecule has 0 bridgehead atoms. The molecule has 0 unspecified atom stereocenters. The largest absolute Gasteiger partial charge is 0.294 e. The number of amides is 1. The van der Waals surface area contributed by atoms with Crippen molar-refractivity contribution in [2.45, 2.75) is 25.0 Å². The van der Waals surface area contributed by atoms with E-state index in [0.717, 1.165) is 25.3 Å². The minimum Gasteiger partial charge on any atom is -0.294 e. The number of hydrogen-bond acceptors (Lipinski definition) is 4. The van der Waals surface area contributed by atoms with Crippen molar-refractivity contribution in [2.24, 2.45) is 5.84 Å². The summed E-state index contributed by atoms with van der Waals surface area (Å²) >= 11 is 1.98. The molecular weight excluding hydrogens is 198 g/mol. The molecule has 1 saturated heterocycles. The predicted octanol–water partition coefficient (Wildman–Crippen LogP) is 0.194. The van der Waals surface area contributed by atoms with Gasteiger partial charge in [0.25, 0.3) is 0 Å². The third-order valence-electron chi connectivity index (χ3n) is 2.46. The standard InChI is InChI=1S/C9H19N3OS/c1-9(2)3-4-12(5-6-14-9)7-8(13)11-10/h3-7,10H2,1-2H3,(H,11,13). The minimum absolute atomic E-state index is 0.102. The van der Waals surface area contributed by atoms with Crippen molar-refractivity contribution < 1.29 is 4.79 Å². The summed E-state index contributed by atoms with van der Waals surface area (Å²) in [6, 6.07) is 0.